The number of carbonyl (C=O) groups is 1. The molecule has 3 rings (SSSR count). The number of hydrogen-bond acceptors (Lipinski definition) is 4. The number of benzene rings is 1. The first-order valence-electron chi connectivity index (χ1n) is 5.82. The van der Waals surface area contributed by atoms with Crippen LogP contribution in [-0.4, -0.2) is 31.3 Å². The van der Waals surface area contributed by atoms with Crippen molar-refractivity contribution in [3.8, 4) is 0 Å². The molecule has 0 aliphatic heterocycles. The van der Waals surface area contributed by atoms with Gasteiger partial charge in [-0.15, -0.1) is 5.10 Å². The first-order valence-corrected chi connectivity index (χ1v) is 5.82. The zero-order chi connectivity index (χ0) is 12.5. The zero-order valence-electron chi connectivity index (χ0n) is 9.65. The van der Waals surface area contributed by atoms with E-state index in [1.807, 2.05) is 6.07 Å². The summed E-state index contributed by atoms with van der Waals surface area (Å²) in [5.41, 5.74) is 1.18. The number of hydrogen-bond donors (Lipinski definition) is 1. The molecule has 1 aliphatic carbocycles. The average Bonchev–Trinajstić information content (AvgIpc) is 3.11. The minimum Gasteiger partial charge on any atom is -0.478 e. The van der Waals surface area contributed by atoms with Crippen LogP contribution >= 0.6 is 0 Å². The molecule has 1 aromatic heterocycles. The number of carboxylic acids is 1. The highest BCUT2D eigenvalue weighted by molar-refractivity contribution is 5.87. The Labute approximate surface area is 103 Å². The van der Waals surface area contributed by atoms with Crippen LogP contribution in [0.2, 0.25) is 0 Å². The lowest BCUT2D eigenvalue weighted by Crippen LogP contribution is -2.07. The molecular weight excluding hydrogens is 232 g/mol. The highest BCUT2D eigenvalue weighted by atomic mass is 16.4. The predicted molar refractivity (Wildman–Crippen MR) is 62.3 cm³/mol. The van der Waals surface area contributed by atoms with Gasteiger partial charge in [-0.25, -0.2) is 9.48 Å². The van der Waals surface area contributed by atoms with Crippen molar-refractivity contribution in [1.82, 2.24) is 20.2 Å². The van der Waals surface area contributed by atoms with E-state index in [1.54, 1.807) is 22.9 Å². The molecule has 0 bridgehead atoms. The third kappa shape index (κ3) is 2.09. The lowest BCUT2D eigenvalue weighted by atomic mass is 10.1. The fraction of sp³-hybridized carbons (Fsp3) is 0.333. The largest absolute Gasteiger partial charge is 0.478 e. The Hall–Kier alpha value is -2.24. The molecule has 0 amide bonds. The van der Waals surface area contributed by atoms with Crippen LogP contribution in [0, 0.1) is 0 Å². The van der Waals surface area contributed by atoms with Crippen molar-refractivity contribution in [2.75, 3.05) is 0 Å². The standard InChI is InChI=1S/C12H12N4O2/c17-12(18)10-3-1-2-8(6-10)7-16-11(9-4-5-9)13-14-15-16/h1-3,6,9H,4-5,7H2,(H,17,18). The van der Waals surface area contributed by atoms with Crippen LogP contribution in [-0.2, 0) is 6.54 Å². The molecule has 1 fully saturated rings. The normalized spacial score (nSPS) is 14.7. The van der Waals surface area contributed by atoms with Crippen LogP contribution in [0.1, 0.15) is 40.5 Å². The first kappa shape index (κ1) is 10.9. The molecule has 0 radical (unpaired) electrons. The van der Waals surface area contributed by atoms with Gasteiger partial charge in [0.25, 0.3) is 0 Å². The van der Waals surface area contributed by atoms with Crippen LogP contribution in [0.3, 0.4) is 0 Å². The smallest absolute Gasteiger partial charge is 0.335 e. The second kappa shape index (κ2) is 4.21. The van der Waals surface area contributed by atoms with Crippen molar-refractivity contribution in [3.63, 3.8) is 0 Å². The summed E-state index contributed by atoms with van der Waals surface area (Å²) < 4.78 is 1.75. The summed E-state index contributed by atoms with van der Waals surface area (Å²) >= 11 is 0. The van der Waals surface area contributed by atoms with Crippen molar-refractivity contribution in [2.45, 2.75) is 25.3 Å². The SMILES string of the molecule is O=C(O)c1cccc(Cn2nnnc2C2CC2)c1. The third-order valence-electron chi connectivity index (χ3n) is 3.01. The van der Waals surface area contributed by atoms with E-state index in [4.69, 9.17) is 5.11 Å². The van der Waals surface area contributed by atoms with Gasteiger partial charge in [-0.1, -0.05) is 12.1 Å². The van der Waals surface area contributed by atoms with Crippen molar-refractivity contribution in [3.05, 3.63) is 41.2 Å². The van der Waals surface area contributed by atoms with E-state index >= 15 is 0 Å². The Morgan fingerprint density at radius 3 is 3.00 bits per heavy atom. The number of carboxylic acid groups (broad SMARTS) is 1. The Morgan fingerprint density at radius 1 is 1.44 bits per heavy atom. The van der Waals surface area contributed by atoms with E-state index < -0.39 is 5.97 Å². The molecule has 92 valence electrons. The first-order chi connectivity index (χ1) is 8.74. The molecule has 1 saturated carbocycles. The molecule has 2 aromatic rings. The second-order valence-corrected chi connectivity index (χ2v) is 4.47. The van der Waals surface area contributed by atoms with Gasteiger partial charge in [0.05, 0.1) is 12.1 Å². The van der Waals surface area contributed by atoms with Gasteiger partial charge in [-0.05, 0) is 41.0 Å². The van der Waals surface area contributed by atoms with Crippen LogP contribution in [0.5, 0.6) is 0 Å². The zero-order valence-corrected chi connectivity index (χ0v) is 9.65. The minimum absolute atomic E-state index is 0.286. The van der Waals surface area contributed by atoms with E-state index in [1.165, 1.54) is 0 Å². The number of tetrazole rings is 1. The van der Waals surface area contributed by atoms with Gasteiger partial charge in [0.1, 0.15) is 0 Å². The molecule has 6 heteroatoms. The molecule has 1 aliphatic rings. The molecular formula is C12H12N4O2. The van der Waals surface area contributed by atoms with Gasteiger partial charge < -0.3 is 5.11 Å². The van der Waals surface area contributed by atoms with Gasteiger partial charge >= 0.3 is 5.97 Å². The van der Waals surface area contributed by atoms with Gasteiger partial charge in [-0.2, -0.15) is 0 Å². The molecule has 1 N–H and O–H groups in total. The summed E-state index contributed by atoms with van der Waals surface area (Å²) in [6.45, 7) is 0.514. The quantitative estimate of drug-likeness (QED) is 0.876. The molecule has 0 unspecified atom stereocenters. The summed E-state index contributed by atoms with van der Waals surface area (Å²) in [7, 11) is 0. The van der Waals surface area contributed by atoms with Crippen LogP contribution in [0.25, 0.3) is 0 Å². The Morgan fingerprint density at radius 2 is 2.28 bits per heavy atom. The Balaban J connectivity index is 1.85. The maximum Gasteiger partial charge on any atom is 0.335 e. The molecule has 6 nitrogen and oxygen atoms in total. The highest BCUT2D eigenvalue weighted by Crippen LogP contribution is 2.38. The summed E-state index contributed by atoms with van der Waals surface area (Å²) in [5, 5.41) is 20.6. The Bertz CT molecular complexity index is 589. The minimum atomic E-state index is -0.920. The summed E-state index contributed by atoms with van der Waals surface area (Å²) in [4.78, 5) is 10.9. The number of aromatic nitrogens is 4. The Kier molecular flexibility index (Phi) is 2.55. The van der Waals surface area contributed by atoms with E-state index in [-0.39, 0.29) is 5.56 Å². The third-order valence-corrected chi connectivity index (χ3v) is 3.01. The van der Waals surface area contributed by atoms with Crippen molar-refractivity contribution < 1.29 is 9.90 Å². The van der Waals surface area contributed by atoms with Crippen LogP contribution < -0.4 is 0 Å². The number of rotatable bonds is 4. The maximum absolute atomic E-state index is 10.9. The van der Waals surface area contributed by atoms with Gasteiger partial charge in [-0.3, -0.25) is 0 Å². The molecule has 18 heavy (non-hydrogen) atoms. The molecule has 0 spiro atoms. The lowest BCUT2D eigenvalue weighted by molar-refractivity contribution is 0.0696. The van der Waals surface area contributed by atoms with E-state index in [2.05, 4.69) is 15.5 Å². The average molecular weight is 244 g/mol. The molecule has 1 heterocycles. The molecule has 1 aromatic carbocycles. The second-order valence-electron chi connectivity index (χ2n) is 4.47. The topological polar surface area (TPSA) is 80.9 Å². The predicted octanol–water partition coefficient (Wildman–Crippen LogP) is 1.30. The van der Waals surface area contributed by atoms with Gasteiger partial charge in [0.2, 0.25) is 0 Å². The monoisotopic (exact) mass is 244 g/mol. The van der Waals surface area contributed by atoms with Crippen molar-refractivity contribution >= 4 is 5.97 Å². The fourth-order valence-corrected chi connectivity index (χ4v) is 1.93. The van der Waals surface area contributed by atoms with Crippen molar-refractivity contribution in [2.24, 2.45) is 0 Å². The molecule has 0 atom stereocenters. The number of nitrogens with zero attached hydrogens (tertiary/aromatic N) is 4. The van der Waals surface area contributed by atoms with Gasteiger partial charge in [0.15, 0.2) is 5.82 Å². The van der Waals surface area contributed by atoms with Crippen LogP contribution in [0.15, 0.2) is 24.3 Å². The van der Waals surface area contributed by atoms with Crippen molar-refractivity contribution in [1.29, 1.82) is 0 Å². The summed E-state index contributed by atoms with van der Waals surface area (Å²) in [5.74, 6) is 0.453. The number of aromatic carboxylic acids is 1. The van der Waals surface area contributed by atoms with E-state index in [0.29, 0.717) is 12.5 Å². The highest BCUT2D eigenvalue weighted by Gasteiger charge is 2.29. The lowest BCUT2D eigenvalue weighted by Gasteiger charge is -2.04. The summed E-state index contributed by atoms with van der Waals surface area (Å²) in [6, 6.07) is 6.85. The summed E-state index contributed by atoms with van der Waals surface area (Å²) in [6.07, 6.45) is 2.27. The van der Waals surface area contributed by atoms with E-state index in [9.17, 15) is 4.79 Å². The van der Waals surface area contributed by atoms with Crippen LogP contribution in [0.4, 0.5) is 0 Å². The van der Waals surface area contributed by atoms with E-state index in [0.717, 1.165) is 24.2 Å². The van der Waals surface area contributed by atoms with Gasteiger partial charge in [0, 0.05) is 5.92 Å². The maximum atomic E-state index is 10.9. The molecule has 0 saturated heterocycles. The fourth-order valence-electron chi connectivity index (χ4n) is 1.93.